The summed E-state index contributed by atoms with van der Waals surface area (Å²) in [6.45, 7) is 2.57. The third kappa shape index (κ3) is 2.91. The minimum Gasteiger partial charge on any atom is -0.478 e. The number of rotatable bonds is 5. The minimum atomic E-state index is -1.08. The fraction of sp³-hybridized carbons (Fsp3) is 0.333. The fourth-order valence-corrected chi connectivity index (χ4v) is 1.63. The zero-order chi connectivity index (χ0) is 13.7. The van der Waals surface area contributed by atoms with Crippen molar-refractivity contribution < 1.29 is 14.7 Å². The van der Waals surface area contributed by atoms with Crippen LogP contribution in [0.2, 0.25) is 0 Å². The minimum absolute atomic E-state index is 0.0443. The van der Waals surface area contributed by atoms with Crippen molar-refractivity contribution in [2.45, 2.75) is 6.92 Å². The van der Waals surface area contributed by atoms with Gasteiger partial charge in [-0.15, -0.1) is 0 Å². The number of carbonyl (C=O) groups is 2. The first-order valence-electron chi connectivity index (χ1n) is 5.58. The summed E-state index contributed by atoms with van der Waals surface area (Å²) >= 11 is 0. The number of hydrogen-bond acceptors (Lipinski definition) is 4. The SMILES string of the molecule is CCN(CC(=O)NC)c1cccc(C(=O)O)c1N. The molecule has 0 atom stereocenters. The van der Waals surface area contributed by atoms with E-state index in [1.807, 2.05) is 6.92 Å². The molecule has 6 heteroatoms. The van der Waals surface area contributed by atoms with Crippen LogP contribution in [-0.2, 0) is 4.79 Å². The molecule has 4 N–H and O–H groups in total. The second-order valence-corrected chi connectivity index (χ2v) is 3.73. The standard InChI is InChI=1S/C12H17N3O3/c1-3-15(7-10(16)14-2)9-6-4-5-8(11(9)13)12(17)18/h4-6H,3,7,13H2,1-2H3,(H,14,16)(H,17,18). The maximum Gasteiger partial charge on any atom is 0.337 e. The Labute approximate surface area is 105 Å². The average Bonchev–Trinajstić information content (AvgIpc) is 2.35. The van der Waals surface area contributed by atoms with E-state index >= 15 is 0 Å². The van der Waals surface area contributed by atoms with Gasteiger partial charge in [-0.25, -0.2) is 4.79 Å². The number of para-hydroxylation sites is 1. The van der Waals surface area contributed by atoms with Crippen LogP contribution >= 0.6 is 0 Å². The van der Waals surface area contributed by atoms with Gasteiger partial charge >= 0.3 is 5.97 Å². The summed E-state index contributed by atoms with van der Waals surface area (Å²) in [6, 6.07) is 4.75. The van der Waals surface area contributed by atoms with E-state index in [-0.39, 0.29) is 23.7 Å². The van der Waals surface area contributed by atoms with Crippen LogP contribution in [0, 0.1) is 0 Å². The van der Waals surface area contributed by atoms with Crippen LogP contribution in [0.25, 0.3) is 0 Å². The van der Waals surface area contributed by atoms with E-state index in [2.05, 4.69) is 5.32 Å². The summed E-state index contributed by atoms with van der Waals surface area (Å²) in [5.41, 5.74) is 6.60. The van der Waals surface area contributed by atoms with Crippen LogP contribution in [0.15, 0.2) is 18.2 Å². The second-order valence-electron chi connectivity index (χ2n) is 3.73. The van der Waals surface area contributed by atoms with Crippen molar-refractivity contribution in [2.75, 3.05) is 30.8 Å². The first-order valence-corrected chi connectivity index (χ1v) is 5.58. The molecule has 0 spiro atoms. The molecular formula is C12H17N3O3. The van der Waals surface area contributed by atoms with E-state index in [4.69, 9.17) is 10.8 Å². The highest BCUT2D eigenvalue weighted by molar-refractivity contribution is 5.97. The topological polar surface area (TPSA) is 95.7 Å². The molecule has 0 aliphatic rings. The molecule has 1 amide bonds. The zero-order valence-electron chi connectivity index (χ0n) is 10.4. The van der Waals surface area contributed by atoms with Crippen molar-refractivity contribution in [3.8, 4) is 0 Å². The lowest BCUT2D eigenvalue weighted by atomic mass is 10.1. The number of likely N-dealkylation sites (N-methyl/N-ethyl adjacent to an activating group) is 2. The van der Waals surface area contributed by atoms with Crippen molar-refractivity contribution in [1.82, 2.24) is 5.32 Å². The third-order valence-corrected chi connectivity index (χ3v) is 2.65. The Hall–Kier alpha value is -2.24. The molecule has 0 heterocycles. The summed E-state index contributed by atoms with van der Waals surface area (Å²) < 4.78 is 0. The molecule has 1 rings (SSSR count). The number of aromatic carboxylic acids is 1. The van der Waals surface area contributed by atoms with Gasteiger partial charge in [0.15, 0.2) is 0 Å². The zero-order valence-corrected chi connectivity index (χ0v) is 10.4. The summed E-state index contributed by atoms with van der Waals surface area (Å²) in [5.74, 6) is -1.23. The molecule has 18 heavy (non-hydrogen) atoms. The number of nitrogen functional groups attached to an aromatic ring is 1. The molecule has 0 saturated heterocycles. The first kappa shape index (κ1) is 13.8. The average molecular weight is 251 g/mol. The van der Waals surface area contributed by atoms with E-state index in [0.717, 1.165) is 0 Å². The Morgan fingerprint density at radius 2 is 2.11 bits per heavy atom. The van der Waals surface area contributed by atoms with Crippen LogP contribution in [0.4, 0.5) is 11.4 Å². The molecule has 0 fully saturated rings. The molecule has 6 nitrogen and oxygen atoms in total. The van der Waals surface area contributed by atoms with Crippen LogP contribution < -0.4 is 16.0 Å². The van der Waals surface area contributed by atoms with Gasteiger partial charge in [-0.3, -0.25) is 4.79 Å². The third-order valence-electron chi connectivity index (χ3n) is 2.65. The lowest BCUT2D eigenvalue weighted by molar-refractivity contribution is -0.119. The van der Waals surface area contributed by atoms with Gasteiger partial charge in [-0.1, -0.05) is 6.07 Å². The second kappa shape index (κ2) is 5.90. The predicted molar refractivity (Wildman–Crippen MR) is 69.8 cm³/mol. The number of hydrogen-bond donors (Lipinski definition) is 3. The molecule has 0 unspecified atom stereocenters. The molecule has 0 bridgehead atoms. The van der Waals surface area contributed by atoms with Gasteiger partial charge in [0.25, 0.3) is 0 Å². The number of nitrogens with two attached hydrogens (primary N) is 1. The highest BCUT2D eigenvalue weighted by atomic mass is 16.4. The quantitative estimate of drug-likeness (QED) is 0.664. The number of nitrogens with zero attached hydrogens (tertiary/aromatic N) is 1. The van der Waals surface area contributed by atoms with Gasteiger partial charge in [-0.05, 0) is 19.1 Å². The molecular weight excluding hydrogens is 234 g/mol. The Balaban J connectivity index is 3.10. The highest BCUT2D eigenvalue weighted by Gasteiger charge is 2.16. The molecule has 1 aromatic rings. The predicted octanol–water partition coefficient (Wildman–Crippen LogP) is 0.539. The summed E-state index contributed by atoms with van der Waals surface area (Å²) in [7, 11) is 1.55. The number of carbonyl (C=O) groups excluding carboxylic acids is 1. The van der Waals surface area contributed by atoms with E-state index in [0.29, 0.717) is 12.2 Å². The summed E-state index contributed by atoms with van der Waals surface area (Å²) in [5, 5.41) is 11.5. The largest absolute Gasteiger partial charge is 0.478 e. The molecule has 0 saturated carbocycles. The van der Waals surface area contributed by atoms with Crippen molar-refractivity contribution in [3.63, 3.8) is 0 Å². The Morgan fingerprint density at radius 3 is 2.61 bits per heavy atom. The lowest BCUT2D eigenvalue weighted by Crippen LogP contribution is -2.36. The van der Waals surface area contributed by atoms with Gasteiger partial charge < -0.3 is 21.1 Å². The number of carboxylic acid groups (broad SMARTS) is 1. The first-order chi connectivity index (χ1) is 8.51. The van der Waals surface area contributed by atoms with Crippen LogP contribution in [-0.4, -0.2) is 37.1 Å². The number of amides is 1. The maximum atomic E-state index is 11.4. The summed E-state index contributed by atoms with van der Waals surface area (Å²) in [4.78, 5) is 24.1. The Bertz CT molecular complexity index is 460. The van der Waals surface area contributed by atoms with Crippen molar-refractivity contribution in [1.29, 1.82) is 0 Å². The smallest absolute Gasteiger partial charge is 0.337 e. The Kier molecular flexibility index (Phi) is 4.53. The molecule has 0 radical (unpaired) electrons. The normalized spacial score (nSPS) is 9.89. The monoisotopic (exact) mass is 251 g/mol. The van der Waals surface area contributed by atoms with Gasteiger partial charge in [0.05, 0.1) is 23.5 Å². The number of nitrogens with one attached hydrogen (secondary N) is 1. The fourth-order valence-electron chi connectivity index (χ4n) is 1.63. The van der Waals surface area contributed by atoms with Crippen molar-refractivity contribution >= 4 is 23.3 Å². The maximum absolute atomic E-state index is 11.4. The molecule has 1 aromatic carbocycles. The number of anilines is 2. The lowest BCUT2D eigenvalue weighted by Gasteiger charge is -2.24. The highest BCUT2D eigenvalue weighted by Crippen LogP contribution is 2.26. The van der Waals surface area contributed by atoms with Crippen molar-refractivity contribution in [3.05, 3.63) is 23.8 Å². The van der Waals surface area contributed by atoms with E-state index < -0.39 is 5.97 Å². The number of carboxylic acids is 1. The molecule has 98 valence electrons. The molecule has 0 aliphatic heterocycles. The van der Waals surface area contributed by atoms with Crippen LogP contribution in [0.3, 0.4) is 0 Å². The summed E-state index contributed by atoms with van der Waals surface area (Å²) in [6.07, 6.45) is 0. The number of benzene rings is 1. The van der Waals surface area contributed by atoms with Gasteiger partial charge in [0, 0.05) is 13.6 Å². The van der Waals surface area contributed by atoms with E-state index in [1.165, 1.54) is 6.07 Å². The molecule has 0 aliphatic carbocycles. The van der Waals surface area contributed by atoms with Gasteiger partial charge in [0.2, 0.25) is 5.91 Å². The molecule has 0 aromatic heterocycles. The van der Waals surface area contributed by atoms with E-state index in [1.54, 1.807) is 24.1 Å². The van der Waals surface area contributed by atoms with Gasteiger partial charge in [-0.2, -0.15) is 0 Å². The Morgan fingerprint density at radius 1 is 1.44 bits per heavy atom. The van der Waals surface area contributed by atoms with Crippen LogP contribution in [0.5, 0.6) is 0 Å². The van der Waals surface area contributed by atoms with E-state index in [9.17, 15) is 9.59 Å². The van der Waals surface area contributed by atoms with Gasteiger partial charge in [0.1, 0.15) is 0 Å². The van der Waals surface area contributed by atoms with Crippen molar-refractivity contribution in [2.24, 2.45) is 0 Å². The van der Waals surface area contributed by atoms with Crippen LogP contribution in [0.1, 0.15) is 17.3 Å².